The van der Waals surface area contributed by atoms with Gasteiger partial charge in [-0.3, -0.25) is 4.79 Å². The van der Waals surface area contributed by atoms with Crippen molar-refractivity contribution in [2.24, 2.45) is 5.92 Å². The molecule has 1 amide bonds. The first kappa shape index (κ1) is 15.2. The number of carbonyl (C=O) groups is 1. The number of hydrogen-bond acceptors (Lipinski definition) is 1. The molecule has 0 aliphatic heterocycles. The van der Waals surface area contributed by atoms with E-state index in [-0.39, 0.29) is 11.9 Å². The maximum Gasteiger partial charge on any atom is 0.251 e. The van der Waals surface area contributed by atoms with Gasteiger partial charge in [-0.2, -0.15) is 0 Å². The number of halogens is 3. The smallest absolute Gasteiger partial charge is 0.251 e. The minimum Gasteiger partial charge on any atom is -0.349 e. The standard InChI is InChI=1S/C12H14Br3NO/c1-7(6-13)8(2)16-12(17)9-3-10(14)5-11(15)4-9/h3-5,7-8H,6H2,1-2H3,(H,16,17). The predicted octanol–water partition coefficient (Wildman–Crippen LogP) is 4.36. The van der Waals surface area contributed by atoms with Crippen LogP contribution in [-0.4, -0.2) is 17.3 Å². The maximum absolute atomic E-state index is 12.0. The van der Waals surface area contributed by atoms with E-state index in [1.807, 2.05) is 25.1 Å². The van der Waals surface area contributed by atoms with Gasteiger partial charge in [-0.15, -0.1) is 0 Å². The molecular weight excluding hydrogens is 414 g/mol. The number of nitrogens with one attached hydrogen (secondary N) is 1. The SMILES string of the molecule is CC(CBr)C(C)NC(=O)c1cc(Br)cc(Br)c1. The van der Waals surface area contributed by atoms with E-state index < -0.39 is 0 Å². The van der Waals surface area contributed by atoms with Gasteiger partial charge in [-0.25, -0.2) is 0 Å². The van der Waals surface area contributed by atoms with E-state index in [4.69, 9.17) is 0 Å². The molecule has 0 fully saturated rings. The minimum absolute atomic E-state index is 0.0488. The monoisotopic (exact) mass is 425 g/mol. The molecule has 0 spiro atoms. The van der Waals surface area contributed by atoms with Crippen LogP contribution in [0.2, 0.25) is 0 Å². The van der Waals surface area contributed by atoms with Gasteiger partial charge in [0.2, 0.25) is 0 Å². The molecule has 0 saturated carbocycles. The van der Waals surface area contributed by atoms with Crippen molar-refractivity contribution < 1.29 is 4.79 Å². The number of hydrogen-bond donors (Lipinski definition) is 1. The lowest BCUT2D eigenvalue weighted by molar-refractivity contribution is 0.0931. The Labute approximate surface area is 127 Å². The van der Waals surface area contributed by atoms with Gasteiger partial charge in [-0.1, -0.05) is 54.7 Å². The summed E-state index contributed by atoms with van der Waals surface area (Å²) in [5.41, 5.74) is 0.653. The lowest BCUT2D eigenvalue weighted by atomic mass is 10.1. The van der Waals surface area contributed by atoms with Crippen molar-refractivity contribution in [3.8, 4) is 0 Å². The fourth-order valence-corrected chi connectivity index (χ4v) is 3.11. The van der Waals surface area contributed by atoms with Crippen LogP contribution in [0.25, 0.3) is 0 Å². The van der Waals surface area contributed by atoms with Crippen LogP contribution in [0.3, 0.4) is 0 Å². The summed E-state index contributed by atoms with van der Waals surface area (Å²) >= 11 is 10.2. The summed E-state index contributed by atoms with van der Waals surface area (Å²) in [5.74, 6) is 0.349. The highest BCUT2D eigenvalue weighted by atomic mass is 79.9. The Morgan fingerprint density at radius 2 is 1.76 bits per heavy atom. The molecule has 0 aliphatic rings. The predicted molar refractivity (Wildman–Crippen MR) is 81.7 cm³/mol. The number of rotatable bonds is 4. The van der Waals surface area contributed by atoms with E-state index in [1.165, 1.54) is 0 Å². The maximum atomic E-state index is 12.0. The van der Waals surface area contributed by atoms with Gasteiger partial charge in [0.1, 0.15) is 0 Å². The van der Waals surface area contributed by atoms with E-state index in [1.54, 1.807) is 0 Å². The molecule has 1 rings (SSSR count). The van der Waals surface area contributed by atoms with Gasteiger partial charge in [0, 0.05) is 25.9 Å². The zero-order chi connectivity index (χ0) is 13.0. The van der Waals surface area contributed by atoms with Gasteiger partial charge < -0.3 is 5.32 Å². The highest BCUT2D eigenvalue weighted by Crippen LogP contribution is 2.20. The van der Waals surface area contributed by atoms with E-state index in [0.717, 1.165) is 14.3 Å². The second-order valence-electron chi connectivity index (χ2n) is 4.05. The van der Waals surface area contributed by atoms with Crippen molar-refractivity contribution in [3.63, 3.8) is 0 Å². The average Bonchev–Trinajstić information content (AvgIpc) is 2.26. The number of amides is 1. The van der Waals surface area contributed by atoms with E-state index in [9.17, 15) is 4.79 Å². The molecule has 1 aromatic rings. The van der Waals surface area contributed by atoms with Gasteiger partial charge in [0.15, 0.2) is 0 Å². The van der Waals surface area contributed by atoms with Gasteiger partial charge in [0.05, 0.1) is 0 Å². The first-order valence-electron chi connectivity index (χ1n) is 5.27. The molecule has 0 saturated heterocycles. The normalized spacial score (nSPS) is 14.2. The molecule has 94 valence electrons. The van der Waals surface area contributed by atoms with Crippen molar-refractivity contribution in [3.05, 3.63) is 32.7 Å². The van der Waals surface area contributed by atoms with Crippen molar-refractivity contribution >= 4 is 53.7 Å². The Balaban J connectivity index is 2.76. The van der Waals surface area contributed by atoms with Crippen LogP contribution in [-0.2, 0) is 0 Å². The number of alkyl halides is 1. The van der Waals surface area contributed by atoms with E-state index >= 15 is 0 Å². The summed E-state index contributed by atoms with van der Waals surface area (Å²) in [5, 5.41) is 3.86. The summed E-state index contributed by atoms with van der Waals surface area (Å²) in [6, 6.07) is 5.66. The molecule has 0 heterocycles. The summed E-state index contributed by atoms with van der Waals surface area (Å²) in [6.45, 7) is 4.10. The molecule has 5 heteroatoms. The van der Waals surface area contributed by atoms with Crippen LogP contribution in [0.15, 0.2) is 27.1 Å². The van der Waals surface area contributed by atoms with Crippen LogP contribution in [0.5, 0.6) is 0 Å². The third-order valence-corrected chi connectivity index (χ3v) is 4.52. The second-order valence-corrected chi connectivity index (χ2v) is 6.53. The molecule has 2 atom stereocenters. The average molecular weight is 428 g/mol. The Hall–Kier alpha value is 0.130. The largest absolute Gasteiger partial charge is 0.349 e. The lowest BCUT2D eigenvalue weighted by Gasteiger charge is -2.19. The first-order chi connectivity index (χ1) is 7.93. The molecule has 0 bridgehead atoms. The zero-order valence-corrected chi connectivity index (χ0v) is 14.4. The fourth-order valence-electron chi connectivity index (χ4n) is 1.25. The van der Waals surface area contributed by atoms with Gasteiger partial charge in [0.25, 0.3) is 5.91 Å². The third-order valence-electron chi connectivity index (χ3n) is 2.58. The van der Waals surface area contributed by atoms with Gasteiger partial charge >= 0.3 is 0 Å². The first-order valence-corrected chi connectivity index (χ1v) is 7.97. The Morgan fingerprint density at radius 1 is 1.24 bits per heavy atom. The summed E-state index contributed by atoms with van der Waals surface area (Å²) in [4.78, 5) is 12.0. The summed E-state index contributed by atoms with van der Waals surface area (Å²) < 4.78 is 1.77. The number of benzene rings is 1. The Kier molecular flexibility index (Phi) is 6.17. The van der Waals surface area contributed by atoms with Gasteiger partial charge in [-0.05, 0) is 31.0 Å². The van der Waals surface area contributed by atoms with Crippen LogP contribution < -0.4 is 5.32 Å². The van der Waals surface area contributed by atoms with Crippen LogP contribution >= 0.6 is 47.8 Å². The van der Waals surface area contributed by atoms with Crippen LogP contribution in [0.1, 0.15) is 24.2 Å². The molecule has 2 nitrogen and oxygen atoms in total. The summed E-state index contributed by atoms with van der Waals surface area (Å²) in [6.07, 6.45) is 0. The van der Waals surface area contributed by atoms with E-state index in [2.05, 4.69) is 60.0 Å². The Bertz CT molecular complexity index is 388. The Morgan fingerprint density at radius 3 is 2.24 bits per heavy atom. The lowest BCUT2D eigenvalue weighted by Crippen LogP contribution is -2.37. The molecule has 0 radical (unpaired) electrons. The topological polar surface area (TPSA) is 29.1 Å². The van der Waals surface area contributed by atoms with Crippen molar-refractivity contribution in [2.45, 2.75) is 19.9 Å². The highest BCUT2D eigenvalue weighted by Gasteiger charge is 2.15. The molecule has 2 unspecified atom stereocenters. The van der Waals surface area contributed by atoms with Crippen molar-refractivity contribution in [2.75, 3.05) is 5.33 Å². The molecule has 1 N–H and O–H groups in total. The van der Waals surface area contributed by atoms with E-state index in [0.29, 0.717) is 11.5 Å². The zero-order valence-electron chi connectivity index (χ0n) is 9.64. The third kappa shape index (κ3) is 4.72. The van der Waals surface area contributed by atoms with Crippen LogP contribution in [0.4, 0.5) is 0 Å². The summed E-state index contributed by atoms with van der Waals surface area (Å²) in [7, 11) is 0. The molecule has 1 aromatic carbocycles. The quantitative estimate of drug-likeness (QED) is 0.710. The van der Waals surface area contributed by atoms with Crippen LogP contribution in [0, 0.1) is 5.92 Å². The molecule has 0 aliphatic carbocycles. The molecule has 17 heavy (non-hydrogen) atoms. The molecular formula is C12H14Br3NO. The highest BCUT2D eigenvalue weighted by molar-refractivity contribution is 9.11. The van der Waals surface area contributed by atoms with Crippen molar-refractivity contribution in [1.29, 1.82) is 0 Å². The number of carbonyl (C=O) groups excluding carboxylic acids is 1. The fraction of sp³-hybridized carbons (Fsp3) is 0.417. The second kappa shape index (κ2) is 6.90. The molecule has 0 aromatic heterocycles. The minimum atomic E-state index is -0.0488. The van der Waals surface area contributed by atoms with Crippen molar-refractivity contribution in [1.82, 2.24) is 5.32 Å².